The largest absolute Gasteiger partial charge is 0.507 e. The molecular formula is C13H9BrINO. The Morgan fingerprint density at radius 2 is 1.82 bits per heavy atom. The highest BCUT2D eigenvalue weighted by molar-refractivity contribution is 14.1. The second kappa shape index (κ2) is 5.64. The van der Waals surface area contributed by atoms with E-state index >= 15 is 0 Å². The van der Waals surface area contributed by atoms with Crippen LogP contribution in [0.3, 0.4) is 0 Å². The Morgan fingerprint density at radius 1 is 1.12 bits per heavy atom. The minimum Gasteiger partial charge on any atom is -0.507 e. The maximum Gasteiger partial charge on any atom is 0.124 e. The van der Waals surface area contributed by atoms with Crippen molar-refractivity contribution in [3.8, 4) is 5.75 Å². The normalized spacial score (nSPS) is 10.9. The second-order valence-electron chi connectivity index (χ2n) is 3.44. The highest BCUT2D eigenvalue weighted by Gasteiger charge is 1.98. The van der Waals surface area contributed by atoms with E-state index in [2.05, 4.69) is 43.5 Å². The quantitative estimate of drug-likeness (QED) is 0.582. The molecule has 0 aliphatic carbocycles. The summed E-state index contributed by atoms with van der Waals surface area (Å²) < 4.78 is 2.09. The molecule has 0 fully saturated rings. The molecule has 0 atom stereocenters. The number of rotatable bonds is 2. The van der Waals surface area contributed by atoms with Crippen LogP contribution in [0.5, 0.6) is 5.75 Å². The Kier molecular flexibility index (Phi) is 4.17. The fraction of sp³-hybridized carbons (Fsp3) is 0. The summed E-state index contributed by atoms with van der Waals surface area (Å²) in [5.41, 5.74) is 1.56. The third-order valence-electron chi connectivity index (χ3n) is 2.17. The molecule has 17 heavy (non-hydrogen) atoms. The maximum absolute atomic E-state index is 9.64. The second-order valence-corrected chi connectivity index (χ2v) is 5.60. The van der Waals surface area contributed by atoms with E-state index in [1.165, 1.54) is 3.57 Å². The summed E-state index contributed by atoms with van der Waals surface area (Å²) in [6.07, 6.45) is 1.66. The predicted octanol–water partition coefficient (Wildman–Crippen LogP) is 4.51. The van der Waals surface area contributed by atoms with Gasteiger partial charge in [-0.2, -0.15) is 0 Å². The SMILES string of the molecule is Oc1ccc(Br)cc1C=Nc1ccc(I)cc1. The van der Waals surface area contributed by atoms with Gasteiger partial charge in [0.15, 0.2) is 0 Å². The minimum absolute atomic E-state index is 0.225. The molecule has 86 valence electrons. The van der Waals surface area contributed by atoms with Crippen LogP contribution < -0.4 is 0 Å². The topological polar surface area (TPSA) is 32.6 Å². The molecule has 2 rings (SSSR count). The van der Waals surface area contributed by atoms with Crippen LogP contribution in [0.4, 0.5) is 5.69 Å². The monoisotopic (exact) mass is 401 g/mol. The van der Waals surface area contributed by atoms with Crippen molar-refractivity contribution in [3.63, 3.8) is 0 Å². The maximum atomic E-state index is 9.64. The number of nitrogens with zero attached hydrogens (tertiary/aromatic N) is 1. The van der Waals surface area contributed by atoms with E-state index in [4.69, 9.17) is 0 Å². The zero-order valence-corrected chi connectivity index (χ0v) is 12.5. The van der Waals surface area contributed by atoms with Crippen LogP contribution in [0.1, 0.15) is 5.56 Å². The fourth-order valence-electron chi connectivity index (χ4n) is 1.30. The zero-order valence-electron chi connectivity index (χ0n) is 8.77. The van der Waals surface area contributed by atoms with Crippen LogP contribution in [0, 0.1) is 3.57 Å². The summed E-state index contributed by atoms with van der Waals surface area (Å²) in [6.45, 7) is 0. The molecule has 0 saturated carbocycles. The van der Waals surface area contributed by atoms with Gasteiger partial charge in [0.05, 0.1) is 5.69 Å². The van der Waals surface area contributed by atoms with Crippen molar-refractivity contribution in [2.24, 2.45) is 4.99 Å². The Balaban J connectivity index is 2.25. The molecule has 0 radical (unpaired) electrons. The number of hydrogen-bond donors (Lipinski definition) is 1. The number of aromatic hydroxyl groups is 1. The van der Waals surface area contributed by atoms with Crippen molar-refractivity contribution >= 4 is 50.4 Å². The molecule has 0 bridgehead atoms. The van der Waals surface area contributed by atoms with Gasteiger partial charge in [-0.25, -0.2) is 0 Å². The Morgan fingerprint density at radius 3 is 2.53 bits per heavy atom. The van der Waals surface area contributed by atoms with E-state index < -0.39 is 0 Å². The van der Waals surface area contributed by atoms with Gasteiger partial charge >= 0.3 is 0 Å². The molecule has 2 aromatic rings. The molecule has 2 aromatic carbocycles. The lowest BCUT2D eigenvalue weighted by molar-refractivity contribution is 0.474. The average molecular weight is 402 g/mol. The molecule has 0 aliphatic heterocycles. The van der Waals surface area contributed by atoms with Gasteiger partial charge in [-0.3, -0.25) is 4.99 Å². The Labute approximate surface area is 122 Å². The molecule has 0 heterocycles. The molecule has 0 spiro atoms. The van der Waals surface area contributed by atoms with Crippen molar-refractivity contribution in [1.82, 2.24) is 0 Å². The lowest BCUT2D eigenvalue weighted by atomic mass is 10.2. The van der Waals surface area contributed by atoms with E-state index in [-0.39, 0.29) is 5.75 Å². The van der Waals surface area contributed by atoms with Crippen molar-refractivity contribution in [3.05, 3.63) is 56.1 Å². The first kappa shape index (κ1) is 12.6. The van der Waals surface area contributed by atoms with Gasteiger partial charge < -0.3 is 5.11 Å². The fourth-order valence-corrected chi connectivity index (χ4v) is 2.04. The molecule has 0 saturated heterocycles. The molecular weight excluding hydrogens is 393 g/mol. The van der Waals surface area contributed by atoms with Gasteiger partial charge in [-0.1, -0.05) is 15.9 Å². The summed E-state index contributed by atoms with van der Waals surface area (Å²) in [5.74, 6) is 0.225. The van der Waals surface area contributed by atoms with Gasteiger partial charge in [-0.15, -0.1) is 0 Å². The standard InChI is InChI=1S/C13H9BrINO/c14-10-1-6-13(17)9(7-10)8-16-12-4-2-11(15)3-5-12/h1-8,17H. The Hall–Kier alpha value is -0.880. The molecule has 0 amide bonds. The van der Waals surface area contributed by atoms with Crippen molar-refractivity contribution in [2.75, 3.05) is 0 Å². The van der Waals surface area contributed by atoms with Crippen LogP contribution in [0.2, 0.25) is 0 Å². The van der Waals surface area contributed by atoms with Crippen LogP contribution >= 0.6 is 38.5 Å². The highest BCUT2D eigenvalue weighted by Crippen LogP contribution is 2.21. The summed E-state index contributed by atoms with van der Waals surface area (Å²) in [7, 11) is 0. The van der Waals surface area contributed by atoms with Crippen molar-refractivity contribution < 1.29 is 5.11 Å². The zero-order chi connectivity index (χ0) is 12.3. The first-order chi connectivity index (χ1) is 8.15. The molecule has 0 aromatic heterocycles. The van der Waals surface area contributed by atoms with Gasteiger partial charge in [0, 0.05) is 19.8 Å². The van der Waals surface area contributed by atoms with Crippen molar-refractivity contribution in [1.29, 1.82) is 0 Å². The molecule has 4 heteroatoms. The first-order valence-electron chi connectivity index (χ1n) is 4.93. The van der Waals surface area contributed by atoms with Gasteiger partial charge in [0.25, 0.3) is 0 Å². The highest BCUT2D eigenvalue weighted by atomic mass is 127. The predicted molar refractivity (Wildman–Crippen MR) is 82.2 cm³/mol. The summed E-state index contributed by atoms with van der Waals surface area (Å²) >= 11 is 5.61. The number of benzene rings is 2. The van der Waals surface area contributed by atoms with Crippen LogP contribution in [-0.2, 0) is 0 Å². The van der Waals surface area contributed by atoms with Crippen LogP contribution in [0.25, 0.3) is 0 Å². The molecule has 0 unspecified atom stereocenters. The number of phenolic OH excluding ortho intramolecular Hbond substituents is 1. The summed E-state index contributed by atoms with van der Waals surface area (Å²) in [6, 6.07) is 13.1. The van der Waals surface area contributed by atoms with Gasteiger partial charge in [-0.05, 0) is 65.1 Å². The van der Waals surface area contributed by atoms with E-state index in [1.807, 2.05) is 30.3 Å². The number of phenols is 1. The van der Waals surface area contributed by atoms with Crippen LogP contribution in [0.15, 0.2) is 51.9 Å². The lowest BCUT2D eigenvalue weighted by Gasteiger charge is -1.99. The average Bonchev–Trinajstić information content (AvgIpc) is 2.32. The number of halogens is 2. The lowest BCUT2D eigenvalue weighted by Crippen LogP contribution is -1.82. The molecule has 1 N–H and O–H groups in total. The molecule has 0 aliphatic rings. The third-order valence-corrected chi connectivity index (χ3v) is 3.38. The first-order valence-corrected chi connectivity index (χ1v) is 6.80. The summed E-state index contributed by atoms with van der Waals surface area (Å²) in [4.78, 5) is 4.31. The number of hydrogen-bond acceptors (Lipinski definition) is 2. The van der Waals surface area contributed by atoms with E-state index in [0.29, 0.717) is 5.56 Å². The van der Waals surface area contributed by atoms with Crippen molar-refractivity contribution in [2.45, 2.75) is 0 Å². The molecule has 2 nitrogen and oxygen atoms in total. The Bertz CT molecular complexity index is 552. The van der Waals surface area contributed by atoms with E-state index in [9.17, 15) is 5.11 Å². The number of aliphatic imine (C=N–C) groups is 1. The minimum atomic E-state index is 0.225. The van der Waals surface area contributed by atoms with Crippen LogP contribution in [-0.4, -0.2) is 11.3 Å². The van der Waals surface area contributed by atoms with E-state index in [0.717, 1.165) is 10.2 Å². The summed E-state index contributed by atoms with van der Waals surface area (Å²) in [5, 5.41) is 9.64. The van der Waals surface area contributed by atoms with Gasteiger partial charge in [0.2, 0.25) is 0 Å². The smallest absolute Gasteiger partial charge is 0.124 e. The van der Waals surface area contributed by atoms with Gasteiger partial charge in [0.1, 0.15) is 5.75 Å². The van der Waals surface area contributed by atoms with E-state index in [1.54, 1.807) is 18.3 Å². The third kappa shape index (κ3) is 3.54.